The molecule has 3 amide bonds. The topological polar surface area (TPSA) is 99.8 Å². The zero-order valence-electron chi connectivity index (χ0n) is 14.1. The summed E-state index contributed by atoms with van der Waals surface area (Å²) in [6.45, 7) is 0.351. The second-order valence-corrected chi connectivity index (χ2v) is 7.25. The molecule has 3 N–H and O–H groups in total. The molecule has 1 heterocycles. The number of benzene rings is 2. The normalized spacial score (nSPS) is 10.4. The zero-order valence-corrected chi connectivity index (χ0v) is 16.5. The number of nitrogens with one attached hydrogen (secondary N) is 3. The van der Waals surface area contributed by atoms with Gasteiger partial charge in [-0.15, -0.1) is 5.10 Å². The minimum absolute atomic E-state index is 0.0337. The molecular weight excluding hydrogens is 430 g/mol. The molecule has 0 aliphatic heterocycles. The highest BCUT2D eigenvalue weighted by Crippen LogP contribution is 2.26. The van der Waals surface area contributed by atoms with Gasteiger partial charge in [-0.1, -0.05) is 76.2 Å². The first-order valence-corrected chi connectivity index (χ1v) is 9.81. The third-order valence-corrected chi connectivity index (χ3v) is 5.01. The number of amides is 3. The molecule has 138 valence electrons. The van der Waals surface area contributed by atoms with E-state index >= 15 is 0 Å². The molecule has 0 bridgehead atoms. The van der Waals surface area contributed by atoms with Crippen LogP contribution >= 0.6 is 27.7 Å². The Kier molecular flexibility index (Phi) is 6.61. The third kappa shape index (κ3) is 5.66. The average Bonchev–Trinajstić information content (AvgIpc) is 3.15. The van der Waals surface area contributed by atoms with Crippen molar-refractivity contribution >= 4 is 39.6 Å². The van der Waals surface area contributed by atoms with E-state index in [0.29, 0.717) is 17.5 Å². The highest BCUT2D eigenvalue weighted by Gasteiger charge is 2.12. The summed E-state index contributed by atoms with van der Waals surface area (Å²) in [6, 6.07) is 16.5. The summed E-state index contributed by atoms with van der Waals surface area (Å²) in [6.07, 6.45) is 0. The summed E-state index contributed by atoms with van der Waals surface area (Å²) in [5, 5.41) is 12.3. The lowest BCUT2D eigenvalue weighted by atomic mass is 10.2. The van der Waals surface area contributed by atoms with Crippen LogP contribution in [0.1, 0.15) is 5.56 Å². The van der Waals surface area contributed by atoms with Gasteiger partial charge in [-0.05, 0) is 11.6 Å². The van der Waals surface area contributed by atoms with Crippen molar-refractivity contribution in [2.75, 3.05) is 5.75 Å². The molecule has 7 nitrogen and oxygen atoms in total. The number of H-pyrrole nitrogens is 1. The number of aromatic amines is 1. The smallest absolute Gasteiger partial charge is 0.321 e. The number of imide groups is 1. The second-order valence-electron chi connectivity index (χ2n) is 5.45. The number of rotatable bonds is 6. The largest absolute Gasteiger partial charge is 0.334 e. The molecule has 0 aliphatic rings. The number of carbonyl (C=O) groups is 2. The monoisotopic (exact) mass is 445 g/mol. The molecule has 3 rings (SSSR count). The molecule has 0 saturated heterocycles. The summed E-state index contributed by atoms with van der Waals surface area (Å²) in [4.78, 5) is 28.0. The van der Waals surface area contributed by atoms with Gasteiger partial charge in [0, 0.05) is 16.6 Å². The number of aromatic nitrogens is 3. The molecule has 27 heavy (non-hydrogen) atoms. The summed E-state index contributed by atoms with van der Waals surface area (Å²) >= 11 is 4.61. The van der Waals surface area contributed by atoms with Gasteiger partial charge >= 0.3 is 6.03 Å². The van der Waals surface area contributed by atoms with E-state index in [1.165, 1.54) is 0 Å². The van der Waals surface area contributed by atoms with Gasteiger partial charge in [0.25, 0.3) is 0 Å². The first kappa shape index (κ1) is 19.1. The zero-order chi connectivity index (χ0) is 19.1. The minimum Gasteiger partial charge on any atom is -0.334 e. The van der Waals surface area contributed by atoms with Crippen molar-refractivity contribution in [3.8, 4) is 11.4 Å². The maximum atomic E-state index is 11.9. The Morgan fingerprint density at radius 2 is 1.81 bits per heavy atom. The van der Waals surface area contributed by atoms with E-state index in [-0.39, 0.29) is 5.75 Å². The molecule has 3 aromatic rings. The van der Waals surface area contributed by atoms with Crippen molar-refractivity contribution in [2.24, 2.45) is 0 Å². The van der Waals surface area contributed by atoms with E-state index < -0.39 is 11.9 Å². The lowest BCUT2D eigenvalue weighted by Crippen LogP contribution is -2.39. The molecule has 0 aliphatic carbocycles. The van der Waals surface area contributed by atoms with Crippen molar-refractivity contribution < 1.29 is 9.59 Å². The lowest BCUT2D eigenvalue weighted by Gasteiger charge is -2.06. The Bertz CT molecular complexity index is 932. The first-order valence-electron chi connectivity index (χ1n) is 8.03. The Morgan fingerprint density at radius 3 is 2.59 bits per heavy atom. The minimum atomic E-state index is -0.534. The van der Waals surface area contributed by atoms with Crippen LogP contribution in [0, 0.1) is 0 Å². The van der Waals surface area contributed by atoms with E-state index in [1.807, 2.05) is 54.6 Å². The van der Waals surface area contributed by atoms with Crippen LogP contribution in [0.4, 0.5) is 4.79 Å². The fourth-order valence-electron chi connectivity index (χ4n) is 2.20. The summed E-state index contributed by atoms with van der Waals surface area (Å²) in [5.74, 6) is 0.218. The Labute approximate surface area is 168 Å². The van der Waals surface area contributed by atoms with E-state index in [9.17, 15) is 9.59 Å². The molecule has 0 saturated carbocycles. The highest BCUT2D eigenvalue weighted by molar-refractivity contribution is 9.10. The van der Waals surface area contributed by atoms with Crippen molar-refractivity contribution in [3.63, 3.8) is 0 Å². The molecule has 0 spiro atoms. The molecule has 0 radical (unpaired) electrons. The first-order chi connectivity index (χ1) is 13.1. The van der Waals surface area contributed by atoms with E-state index in [2.05, 4.69) is 41.7 Å². The lowest BCUT2D eigenvalue weighted by molar-refractivity contribution is -0.117. The Hall–Kier alpha value is -2.65. The van der Waals surface area contributed by atoms with Gasteiger partial charge in [-0.3, -0.25) is 15.2 Å². The second kappa shape index (κ2) is 9.33. The van der Waals surface area contributed by atoms with Crippen molar-refractivity contribution in [3.05, 3.63) is 64.6 Å². The van der Waals surface area contributed by atoms with Crippen LogP contribution in [0.5, 0.6) is 0 Å². The van der Waals surface area contributed by atoms with Crippen molar-refractivity contribution in [1.29, 1.82) is 0 Å². The van der Waals surface area contributed by atoms with E-state index in [4.69, 9.17) is 0 Å². The quantitative estimate of drug-likeness (QED) is 0.505. The van der Waals surface area contributed by atoms with Crippen LogP contribution in [-0.4, -0.2) is 32.9 Å². The van der Waals surface area contributed by atoms with Gasteiger partial charge in [-0.2, -0.15) is 0 Å². The predicted octanol–water partition coefficient (Wildman–Crippen LogP) is 3.35. The van der Waals surface area contributed by atoms with E-state index in [0.717, 1.165) is 27.4 Å². The van der Waals surface area contributed by atoms with Crippen molar-refractivity contribution in [1.82, 2.24) is 25.8 Å². The number of hydrogen-bond acceptors (Lipinski definition) is 5. The number of halogens is 1. The average molecular weight is 446 g/mol. The van der Waals surface area contributed by atoms with Gasteiger partial charge in [0.1, 0.15) is 0 Å². The SMILES string of the molecule is O=C(CSc1n[nH]c(-c2ccccc2Br)n1)NC(=O)NCc1ccccc1. The number of thioether (sulfide) groups is 1. The standard InChI is InChI=1S/C18H16BrN5O2S/c19-14-9-5-4-8-13(14)16-22-18(24-23-16)27-11-15(25)21-17(26)20-10-12-6-2-1-3-7-12/h1-9H,10-11H2,(H,22,23,24)(H2,20,21,25,26). The fourth-order valence-corrected chi connectivity index (χ4v) is 3.27. The third-order valence-electron chi connectivity index (χ3n) is 3.48. The van der Waals surface area contributed by atoms with Gasteiger partial charge in [0.15, 0.2) is 5.82 Å². The van der Waals surface area contributed by atoms with Gasteiger partial charge in [0.2, 0.25) is 11.1 Å². The highest BCUT2D eigenvalue weighted by atomic mass is 79.9. The van der Waals surface area contributed by atoms with Crippen LogP contribution in [0.2, 0.25) is 0 Å². The van der Waals surface area contributed by atoms with E-state index in [1.54, 1.807) is 0 Å². The van der Waals surface area contributed by atoms with Crippen LogP contribution in [0.15, 0.2) is 64.2 Å². The number of hydrogen-bond donors (Lipinski definition) is 3. The van der Waals surface area contributed by atoms with Crippen molar-refractivity contribution in [2.45, 2.75) is 11.7 Å². The van der Waals surface area contributed by atoms with Gasteiger partial charge in [0.05, 0.1) is 5.75 Å². The number of carbonyl (C=O) groups excluding carboxylic acids is 2. The van der Waals surface area contributed by atoms with Crippen LogP contribution in [-0.2, 0) is 11.3 Å². The molecule has 0 fully saturated rings. The predicted molar refractivity (Wildman–Crippen MR) is 107 cm³/mol. The molecule has 0 atom stereocenters. The number of urea groups is 1. The van der Waals surface area contributed by atoms with Crippen LogP contribution in [0.3, 0.4) is 0 Å². The molecule has 9 heteroatoms. The Morgan fingerprint density at radius 1 is 1.07 bits per heavy atom. The number of nitrogens with zero attached hydrogens (tertiary/aromatic N) is 2. The molecule has 2 aromatic carbocycles. The summed E-state index contributed by atoms with van der Waals surface area (Å²) in [5.41, 5.74) is 1.83. The van der Waals surface area contributed by atoms with Crippen LogP contribution in [0.25, 0.3) is 11.4 Å². The molecular formula is C18H16BrN5O2S. The Balaban J connectivity index is 1.45. The van der Waals surface area contributed by atoms with Gasteiger partial charge in [-0.25, -0.2) is 9.78 Å². The fraction of sp³-hybridized carbons (Fsp3) is 0.111. The summed E-state index contributed by atoms with van der Waals surface area (Å²) in [7, 11) is 0. The maximum Gasteiger partial charge on any atom is 0.321 e. The molecule has 0 unspecified atom stereocenters. The summed E-state index contributed by atoms with van der Waals surface area (Å²) < 4.78 is 0.894. The maximum absolute atomic E-state index is 11.9. The van der Waals surface area contributed by atoms with Gasteiger partial charge < -0.3 is 5.32 Å². The molecule has 1 aromatic heterocycles. The van der Waals surface area contributed by atoms with Crippen LogP contribution < -0.4 is 10.6 Å².